The number of nitro groups is 1. The number of unbranched alkanes of at least 4 members (excludes halogenated alkanes) is 1. The number of anilines is 1. The molecule has 1 rings (SSSR count). The van der Waals surface area contributed by atoms with E-state index in [0.29, 0.717) is 31.0 Å². The van der Waals surface area contributed by atoms with Gasteiger partial charge in [-0.2, -0.15) is 0 Å². The molecule has 0 aliphatic carbocycles. The van der Waals surface area contributed by atoms with E-state index < -0.39 is 4.92 Å². The number of ether oxygens (including phenoxy) is 1. The van der Waals surface area contributed by atoms with Crippen molar-refractivity contribution in [1.82, 2.24) is 0 Å². The standard InChI is InChI=1S/C14H18N2O3/c1-3-5-6-10-15-12-8-7-9-13(19-11-4-2)14(12)16(17)18/h1,7-9,15H,4-6,10-11H2,2H3. The molecule has 0 fully saturated rings. The van der Waals surface area contributed by atoms with Gasteiger partial charge in [-0.3, -0.25) is 10.1 Å². The second-order valence-corrected chi connectivity index (χ2v) is 3.99. The number of terminal acetylenes is 1. The average molecular weight is 262 g/mol. The van der Waals surface area contributed by atoms with E-state index in [4.69, 9.17) is 11.2 Å². The van der Waals surface area contributed by atoms with Crippen molar-refractivity contribution in [1.29, 1.82) is 0 Å². The zero-order valence-electron chi connectivity index (χ0n) is 11.0. The Labute approximate surface area is 113 Å². The van der Waals surface area contributed by atoms with Gasteiger partial charge < -0.3 is 10.1 Å². The number of hydrogen-bond acceptors (Lipinski definition) is 4. The summed E-state index contributed by atoms with van der Waals surface area (Å²) in [6.07, 6.45) is 7.38. The maximum Gasteiger partial charge on any atom is 0.333 e. The minimum atomic E-state index is -0.422. The van der Waals surface area contributed by atoms with Crippen LogP contribution in [0.1, 0.15) is 26.2 Å². The predicted molar refractivity (Wildman–Crippen MR) is 75.4 cm³/mol. The summed E-state index contributed by atoms with van der Waals surface area (Å²) in [4.78, 5) is 10.7. The number of para-hydroxylation sites is 1. The fraction of sp³-hybridized carbons (Fsp3) is 0.429. The number of hydrogen-bond donors (Lipinski definition) is 1. The van der Waals surface area contributed by atoms with Crippen LogP contribution < -0.4 is 10.1 Å². The van der Waals surface area contributed by atoms with E-state index in [9.17, 15) is 10.1 Å². The molecule has 1 aromatic rings. The second kappa shape index (κ2) is 7.98. The Morgan fingerprint density at radius 2 is 2.32 bits per heavy atom. The van der Waals surface area contributed by atoms with Gasteiger partial charge in [-0.25, -0.2) is 0 Å². The third-order valence-electron chi connectivity index (χ3n) is 2.46. The third-order valence-corrected chi connectivity index (χ3v) is 2.46. The molecule has 0 amide bonds. The lowest BCUT2D eigenvalue weighted by atomic mass is 10.2. The van der Waals surface area contributed by atoms with Crippen LogP contribution in [0, 0.1) is 22.5 Å². The molecule has 0 atom stereocenters. The molecular formula is C14H18N2O3. The summed E-state index contributed by atoms with van der Waals surface area (Å²) in [7, 11) is 0. The monoisotopic (exact) mass is 262 g/mol. The van der Waals surface area contributed by atoms with Crippen molar-refractivity contribution in [3.63, 3.8) is 0 Å². The molecule has 0 saturated heterocycles. The largest absolute Gasteiger partial charge is 0.487 e. The molecule has 0 unspecified atom stereocenters. The van der Waals surface area contributed by atoms with Crippen LogP contribution in [0.2, 0.25) is 0 Å². The van der Waals surface area contributed by atoms with Crippen LogP contribution in [0.5, 0.6) is 5.75 Å². The Kier molecular flexibility index (Phi) is 6.23. The van der Waals surface area contributed by atoms with Gasteiger partial charge in [0.25, 0.3) is 0 Å². The summed E-state index contributed by atoms with van der Waals surface area (Å²) in [6.45, 7) is 3.01. The molecule has 0 aliphatic heterocycles. The van der Waals surface area contributed by atoms with Crippen molar-refractivity contribution in [2.24, 2.45) is 0 Å². The first-order chi connectivity index (χ1) is 9.20. The first-order valence-corrected chi connectivity index (χ1v) is 6.28. The van der Waals surface area contributed by atoms with E-state index in [2.05, 4.69) is 11.2 Å². The van der Waals surface area contributed by atoms with E-state index >= 15 is 0 Å². The normalized spacial score (nSPS) is 9.68. The lowest BCUT2D eigenvalue weighted by molar-refractivity contribution is -0.385. The zero-order chi connectivity index (χ0) is 14.1. The highest BCUT2D eigenvalue weighted by molar-refractivity contribution is 5.68. The Bertz CT molecular complexity index is 466. The SMILES string of the molecule is C#CCCCNc1cccc(OCCC)c1[N+](=O)[O-]. The van der Waals surface area contributed by atoms with E-state index in [-0.39, 0.29) is 5.69 Å². The number of benzene rings is 1. The maximum absolute atomic E-state index is 11.1. The van der Waals surface area contributed by atoms with Crippen LogP contribution in [-0.4, -0.2) is 18.1 Å². The number of nitrogens with zero attached hydrogens (tertiary/aromatic N) is 1. The zero-order valence-corrected chi connectivity index (χ0v) is 11.0. The first kappa shape index (κ1) is 14.8. The molecule has 5 nitrogen and oxygen atoms in total. The van der Waals surface area contributed by atoms with Crippen molar-refractivity contribution in [3.8, 4) is 18.1 Å². The molecule has 0 spiro atoms. The Balaban J connectivity index is 2.84. The van der Waals surface area contributed by atoms with Crippen molar-refractivity contribution < 1.29 is 9.66 Å². The molecule has 102 valence electrons. The van der Waals surface area contributed by atoms with Crippen molar-refractivity contribution >= 4 is 11.4 Å². The van der Waals surface area contributed by atoms with Gasteiger partial charge in [0.15, 0.2) is 5.75 Å². The van der Waals surface area contributed by atoms with Gasteiger partial charge in [0.2, 0.25) is 0 Å². The van der Waals surface area contributed by atoms with Gasteiger partial charge in [0.1, 0.15) is 5.69 Å². The molecule has 1 N–H and O–H groups in total. The second-order valence-electron chi connectivity index (χ2n) is 3.99. The summed E-state index contributed by atoms with van der Waals surface area (Å²) in [5.41, 5.74) is 0.451. The van der Waals surface area contributed by atoms with Gasteiger partial charge in [0.05, 0.1) is 11.5 Å². The lowest BCUT2D eigenvalue weighted by Gasteiger charge is -2.10. The van der Waals surface area contributed by atoms with Crippen molar-refractivity contribution in [2.75, 3.05) is 18.5 Å². The van der Waals surface area contributed by atoms with Crippen LogP contribution in [-0.2, 0) is 0 Å². The Morgan fingerprint density at radius 3 is 2.95 bits per heavy atom. The molecule has 0 saturated carbocycles. The summed E-state index contributed by atoms with van der Waals surface area (Å²) >= 11 is 0. The number of nitro benzene ring substituents is 1. The topological polar surface area (TPSA) is 64.4 Å². The van der Waals surface area contributed by atoms with Crippen LogP contribution in [0.3, 0.4) is 0 Å². The highest BCUT2D eigenvalue weighted by Crippen LogP contribution is 2.34. The highest BCUT2D eigenvalue weighted by Gasteiger charge is 2.20. The van der Waals surface area contributed by atoms with Crippen LogP contribution in [0.15, 0.2) is 18.2 Å². The third kappa shape index (κ3) is 4.51. The molecular weight excluding hydrogens is 244 g/mol. The highest BCUT2D eigenvalue weighted by atomic mass is 16.6. The fourth-order valence-electron chi connectivity index (χ4n) is 1.60. The molecule has 0 aliphatic rings. The molecule has 1 aromatic carbocycles. The molecule has 0 bridgehead atoms. The van der Waals surface area contributed by atoms with Crippen LogP contribution >= 0.6 is 0 Å². The summed E-state index contributed by atoms with van der Waals surface area (Å²) in [6, 6.07) is 5.02. The summed E-state index contributed by atoms with van der Waals surface area (Å²) in [5.74, 6) is 2.83. The molecule has 19 heavy (non-hydrogen) atoms. The first-order valence-electron chi connectivity index (χ1n) is 6.28. The van der Waals surface area contributed by atoms with Crippen LogP contribution in [0.4, 0.5) is 11.4 Å². The van der Waals surface area contributed by atoms with Gasteiger partial charge in [-0.15, -0.1) is 12.3 Å². The van der Waals surface area contributed by atoms with E-state index in [1.54, 1.807) is 18.2 Å². The summed E-state index contributed by atoms with van der Waals surface area (Å²) < 4.78 is 5.40. The molecule has 0 aromatic heterocycles. The smallest absolute Gasteiger partial charge is 0.333 e. The minimum Gasteiger partial charge on any atom is -0.487 e. The maximum atomic E-state index is 11.1. The minimum absolute atomic E-state index is 0.0170. The van der Waals surface area contributed by atoms with Crippen LogP contribution in [0.25, 0.3) is 0 Å². The Hall–Kier alpha value is -2.22. The van der Waals surface area contributed by atoms with E-state index in [1.165, 1.54) is 0 Å². The molecule has 0 heterocycles. The number of nitrogens with one attached hydrogen (secondary N) is 1. The fourth-order valence-corrected chi connectivity index (χ4v) is 1.60. The molecule has 0 radical (unpaired) electrons. The quantitative estimate of drug-likeness (QED) is 0.338. The van der Waals surface area contributed by atoms with Crippen molar-refractivity contribution in [3.05, 3.63) is 28.3 Å². The van der Waals surface area contributed by atoms with Gasteiger partial charge in [0, 0.05) is 13.0 Å². The number of rotatable bonds is 8. The summed E-state index contributed by atoms with van der Waals surface area (Å²) in [5, 5.41) is 14.2. The van der Waals surface area contributed by atoms with Gasteiger partial charge >= 0.3 is 5.69 Å². The predicted octanol–water partition coefficient (Wildman–Crippen LogP) is 3.21. The van der Waals surface area contributed by atoms with Gasteiger partial charge in [-0.1, -0.05) is 13.0 Å². The van der Waals surface area contributed by atoms with E-state index in [1.807, 2.05) is 6.92 Å². The van der Waals surface area contributed by atoms with Crippen molar-refractivity contribution in [2.45, 2.75) is 26.2 Å². The van der Waals surface area contributed by atoms with Gasteiger partial charge in [-0.05, 0) is 25.0 Å². The molecule has 5 heteroatoms. The van der Waals surface area contributed by atoms with E-state index in [0.717, 1.165) is 12.8 Å². The Morgan fingerprint density at radius 1 is 1.53 bits per heavy atom. The average Bonchev–Trinajstić information content (AvgIpc) is 2.41. The lowest BCUT2D eigenvalue weighted by Crippen LogP contribution is -2.06.